The van der Waals surface area contributed by atoms with Crippen LogP contribution in [-0.4, -0.2) is 49.9 Å². The van der Waals surface area contributed by atoms with Gasteiger partial charge in [0.15, 0.2) is 0 Å². The van der Waals surface area contributed by atoms with Crippen LogP contribution >= 0.6 is 0 Å². The predicted molar refractivity (Wildman–Crippen MR) is 91.2 cm³/mol. The van der Waals surface area contributed by atoms with E-state index in [1.54, 1.807) is 25.1 Å². The lowest BCUT2D eigenvalue weighted by atomic mass is 9.97. The van der Waals surface area contributed by atoms with E-state index in [1.165, 1.54) is 9.21 Å². The molecule has 3 rings (SSSR count). The second kappa shape index (κ2) is 6.52. The molecule has 0 bridgehead atoms. The fraction of sp³-hybridized carbons (Fsp3) is 0.500. The number of rotatable bonds is 3. The highest BCUT2D eigenvalue weighted by Gasteiger charge is 2.36. The number of hydrogen-bond donors (Lipinski definition) is 1. The maximum absolute atomic E-state index is 12.9. The van der Waals surface area contributed by atoms with Crippen LogP contribution in [0.1, 0.15) is 19.8 Å². The zero-order valence-corrected chi connectivity index (χ0v) is 14.4. The summed E-state index contributed by atoms with van der Waals surface area (Å²) in [6.07, 6.45) is 1.28. The number of piperidine rings is 1. The lowest BCUT2D eigenvalue weighted by molar-refractivity contribution is -0.125. The van der Waals surface area contributed by atoms with E-state index in [0.717, 1.165) is 0 Å². The molecular weight excluding hydrogens is 330 g/mol. The van der Waals surface area contributed by atoms with Gasteiger partial charge in [0, 0.05) is 13.1 Å². The number of amides is 2. The number of sulfonamides is 1. The molecule has 0 saturated carbocycles. The number of hydrogen-bond acceptors (Lipinski definition) is 4. The normalized spacial score (nSPS) is 22.0. The molecule has 2 heterocycles. The highest BCUT2D eigenvalue weighted by Crippen LogP contribution is 2.31. The Balaban J connectivity index is 1.83. The summed E-state index contributed by atoms with van der Waals surface area (Å²) < 4.78 is 25.6. The summed E-state index contributed by atoms with van der Waals surface area (Å²) in [6, 6.07) is 7.14. The van der Waals surface area contributed by atoms with Gasteiger partial charge in [0.25, 0.3) is 0 Å². The fourth-order valence-corrected chi connectivity index (χ4v) is 4.41. The quantitative estimate of drug-likeness (QED) is 0.881. The third-order valence-electron chi connectivity index (χ3n) is 4.53. The van der Waals surface area contributed by atoms with Gasteiger partial charge in [-0.05, 0) is 31.9 Å². The van der Waals surface area contributed by atoms with Crippen molar-refractivity contribution in [2.45, 2.75) is 19.8 Å². The number of carbonyl (C=O) groups is 2. The summed E-state index contributed by atoms with van der Waals surface area (Å²) in [5.41, 5.74) is 1.27. The van der Waals surface area contributed by atoms with Crippen LogP contribution in [0, 0.1) is 5.92 Å². The van der Waals surface area contributed by atoms with Gasteiger partial charge in [-0.3, -0.25) is 9.59 Å². The molecule has 1 fully saturated rings. The van der Waals surface area contributed by atoms with Crippen LogP contribution in [0.2, 0.25) is 0 Å². The predicted octanol–water partition coefficient (Wildman–Crippen LogP) is 1.03. The van der Waals surface area contributed by atoms with Crippen LogP contribution in [0.25, 0.3) is 0 Å². The van der Waals surface area contributed by atoms with Gasteiger partial charge < -0.3 is 10.2 Å². The Labute approximate surface area is 141 Å². The maximum atomic E-state index is 12.9. The van der Waals surface area contributed by atoms with Gasteiger partial charge in [-0.1, -0.05) is 12.1 Å². The molecule has 1 aromatic rings. The Bertz CT molecular complexity index is 762. The van der Waals surface area contributed by atoms with E-state index in [-0.39, 0.29) is 30.7 Å². The molecule has 0 spiro atoms. The second-order valence-electron chi connectivity index (χ2n) is 6.09. The minimum absolute atomic E-state index is 0.0306. The van der Waals surface area contributed by atoms with Crippen molar-refractivity contribution in [1.82, 2.24) is 4.31 Å². The fourth-order valence-electron chi connectivity index (χ4n) is 3.23. The number of para-hydroxylation sites is 2. The molecular formula is C16H21N3O4S. The van der Waals surface area contributed by atoms with Crippen molar-refractivity contribution in [2.75, 3.05) is 35.6 Å². The molecule has 2 aliphatic rings. The van der Waals surface area contributed by atoms with Crippen LogP contribution in [0.15, 0.2) is 24.3 Å². The SMILES string of the molecule is CCS(=O)(=O)N1CCC[C@@H](C(=O)N2CC(=O)Nc3ccccc32)C1. The van der Waals surface area contributed by atoms with Gasteiger partial charge in [0.2, 0.25) is 21.8 Å². The van der Waals surface area contributed by atoms with Crippen molar-refractivity contribution in [1.29, 1.82) is 0 Å². The molecule has 130 valence electrons. The largest absolute Gasteiger partial charge is 0.323 e. The summed E-state index contributed by atoms with van der Waals surface area (Å²) in [7, 11) is -3.31. The molecule has 0 radical (unpaired) electrons. The molecule has 2 aliphatic heterocycles. The van der Waals surface area contributed by atoms with E-state index in [9.17, 15) is 18.0 Å². The van der Waals surface area contributed by atoms with Crippen LogP contribution < -0.4 is 10.2 Å². The smallest absolute Gasteiger partial charge is 0.244 e. The van der Waals surface area contributed by atoms with Gasteiger partial charge in [0.05, 0.1) is 23.0 Å². The molecule has 24 heavy (non-hydrogen) atoms. The Morgan fingerprint density at radius 1 is 1.33 bits per heavy atom. The molecule has 1 atom stereocenters. The minimum Gasteiger partial charge on any atom is -0.323 e. The second-order valence-corrected chi connectivity index (χ2v) is 8.35. The summed E-state index contributed by atoms with van der Waals surface area (Å²) in [6.45, 7) is 2.21. The third kappa shape index (κ3) is 3.16. The topological polar surface area (TPSA) is 86.8 Å². The van der Waals surface area contributed by atoms with Crippen molar-refractivity contribution in [2.24, 2.45) is 5.92 Å². The summed E-state index contributed by atoms with van der Waals surface area (Å²) in [5.74, 6) is -0.814. The first-order chi connectivity index (χ1) is 11.4. The van der Waals surface area contributed by atoms with Crippen LogP contribution in [0.3, 0.4) is 0 Å². The van der Waals surface area contributed by atoms with Crippen molar-refractivity contribution in [3.63, 3.8) is 0 Å². The number of nitrogens with zero attached hydrogens (tertiary/aromatic N) is 2. The van der Waals surface area contributed by atoms with Crippen molar-refractivity contribution < 1.29 is 18.0 Å². The van der Waals surface area contributed by atoms with Gasteiger partial charge in [-0.25, -0.2) is 12.7 Å². The summed E-state index contributed by atoms with van der Waals surface area (Å²) in [5, 5.41) is 2.75. The molecule has 0 aliphatic carbocycles. The summed E-state index contributed by atoms with van der Waals surface area (Å²) in [4.78, 5) is 26.3. The van der Waals surface area contributed by atoms with Crippen LogP contribution in [-0.2, 0) is 19.6 Å². The third-order valence-corrected chi connectivity index (χ3v) is 6.38. The molecule has 1 aromatic carbocycles. The van der Waals surface area contributed by atoms with Crippen molar-refractivity contribution in [3.05, 3.63) is 24.3 Å². The Kier molecular flexibility index (Phi) is 4.60. The number of benzene rings is 1. The standard InChI is InChI=1S/C16H21N3O4S/c1-2-24(22,23)18-9-5-6-12(10-18)16(21)19-11-15(20)17-13-7-3-4-8-14(13)19/h3-4,7-8,12H,2,5-6,9-11H2,1H3,(H,17,20)/t12-/m1/s1. The van der Waals surface area contributed by atoms with Gasteiger partial charge >= 0.3 is 0 Å². The molecule has 7 nitrogen and oxygen atoms in total. The zero-order chi connectivity index (χ0) is 17.3. The lowest BCUT2D eigenvalue weighted by Crippen LogP contribution is -2.50. The first-order valence-corrected chi connectivity index (χ1v) is 9.71. The molecule has 1 saturated heterocycles. The molecule has 1 N–H and O–H groups in total. The number of fused-ring (bicyclic) bond motifs is 1. The highest BCUT2D eigenvalue weighted by molar-refractivity contribution is 7.89. The first-order valence-electron chi connectivity index (χ1n) is 8.10. The molecule has 2 amide bonds. The maximum Gasteiger partial charge on any atom is 0.244 e. The summed E-state index contributed by atoms with van der Waals surface area (Å²) >= 11 is 0. The van der Waals surface area contributed by atoms with Gasteiger partial charge in [0.1, 0.15) is 6.54 Å². The lowest BCUT2D eigenvalue weighted by Gasteiger charge is -2.36. The van der Waals surface area contributed by atoms with Crippen molar-refractivity contribution >= 4 is 33.2 Å². The number of nitrogens with one attached hydrogen (secondary N) is 1. The van der Waals surface area contributed by atoms with Crippen molar-refractivity contribution in [3.8, 4) is 0 Å². The Hall–Kier alpha value is -1.93. The van der Waals surface area contributed by atoms with E-state index in [0.29, 0.717) is 30.8 Å². The van der Waals surface area contributed by atoms with Crippen LogP contribution in [0.5, 0.6) is 0 Å². The van der Waals surface area contributed by atoms with Gasteiger partial charge in [-0.2, -0.15) is 0 Å². The number of anilines is 2. The van der Waals surface area contributed by atoms with E-state index >= 15 is 0 Å². The number of carbonyl (C=O) groups excluding carboxylic acids is 2. The minimum atomic E-state index is -3.31. The van der Waals surface area contributed by atoms with Crippen LogP contribution in [0.4, 0.5) is 11.4 Å². The monoisotopic (exact) mass is 351 g/mol. The average molecular weight is 351 g/mol. The molecule has 0 unspecified atom stereocenters. The van der Waals surface area contributed by atoms with E-state index in [2.05, 4.69) is 5.32 Å². The van der Waals surface area contributed by atoms with Gasteiger partial charge in [-0.15, -0.1) is 0 Å². The molecule has 8 heteroatoms. The zero-order valence-electron chi connectivity index (χ0n) is 13.6. The highest BCUT2D eigenvalue weighted by atomic mass is 32.2. The van der Waals surface area contributed by atoms with E-state index in [1.807, 2.05) is 6.07 Å². The Morgan fingerprint density at radius 2 is 2.08 bits per heavy atom. The Morgan fingerprint density at radius 3 is 2.83 bits per heavy atom. The van der Waals surface area contributed by atoms with E-state index < -0.39 is 15.9 Å². The van der Waals surface area contributed by atoms with E-state index in [4.69, 9.17) is 0 Å². The molecule has 0 aromatic heterocycles. The first kappa shape index (κ1) is 16.9. The average Bonchev–Trinajstić information content (AvgIpc) is 2.60.